The molecule has 4 rings (SSSR count). The van der Waals surface area contributed by atoms with E-state index in [-0.39, 0.29) is 0 Å². The molecule has 0 amide bonds. The zero-order valence-corrected chi connectivity index (χ0v) is 12.1. The lowest BCUT2D eigenvalue weighted by Gasteiger charge is -2.37. The van der Waals surface area contributed by atoms with Crippen LogP contribution in [0.4, 0.5) is 0 Å². The van der Waals surface area contributed by atoms with E-state index in [1.165, 1.54) is 5.56 Å². The van der Waals surface area contributed by atoms with E-state index in [2.05, 4.69) is 44.4 Å². The second-order valence-electron chi connectivity index (χ2n) is 4.99. The minimum absolute atomic E-state index is 0.769. The monoisotopic (exact) mass is 279 g/mol. The molecule has 0 radical (unpaired) electrons. The van der Waals surface area contributed by atoms with Gasteiger partial charge in [-0.05, 0) is 5.56 Å². The summed E-state index contributed by atoms with van der Waals surface area (Å²) in [6.45, 7) is 7.18. The van der Waals surface area contributed by atoms with Crippen molar-refractivity contribution >= 4 is 7.51 Å². The Morgan fingerprint density at radius 3 is 2.11 bits per heavy atom. The quantitative estimate of drug-likeness (QED) is 0.713. The standard InChI is InChI=1S/C13H22N5P/c1-2-4-13(5-3-1)12-17-19-14-6-9-18(10-7-15-19)11-8-16-19/h1-5,14-16H,6-12H2. The SMILES string of the molecule is c1ccc(CN=P23NCCN(CCN2)CCN3)cc1. The summed E-state index contributed by atoms with van der Waals surface area (Å²) in [5.74, 6) is 0. The third-order valence-electron chi connectivity index (χ3n) is 3.61. The van der Waals surface area contributed by atoms with E-state index in [4.69, 9.17) is 4.74 Å². The normalized spacial score (nSPS) is 31.3. The minimum Gasteiger partial charge on any atom is -0.300 e. The largest absolute Gasteiger partial charge is 0.300 e. The molecular weight excluding hydrogens is 257 g/mol. The number of rotatable bonds is 2. The van der Waals surface area contributed by atoms with E-state index < -0.39 is 7.51 Å². The van der Waals surface area contributed by atoms with E-state index in [1.807, 2.05) is 6.07 Å². The van der Waals surface area contributed by atoms with Crippen LogP contribution in [0.25, 0.3) is 0 Å². The van der Waals surface area contributed by atoms with E-state index in [0.29, 0.717) is 0 Å². The highest BCUT2D eigenvalue weighted by Gasteiger charge is 2.24. The summed E-state index contributed by atoms with van der Waals surface area (Å²) >= 11 is 0. The fourth-order valence-corrected chi connectivity index (χ4v) is 4.82. The Bertz CT molecular complexity index is 428. The van der Waals surface area contributed by atoms with Crippen molar-refractivity contribution < 1.29 is 0 Å². The van der Waals surface area contributed by atoms with Crippen molar-refractivity contribution in [1.82, 2.24) is 20.2 Å². The summed E-state index contributed by atoms with van der Waals surface area (Å²) < 4.78 is 4.96. The molecule has 1 aromatic rings. The Balaban J connectivity index is 1.78. The van der Waals surface area contributed by atoms with Gasteiger partial charge in [0.05, 0.1) is 6.54 Å². The van der Waals surface area contributed by atoms with Crippen LogP contribution in [0.5, 0.6) is 0 Å². The smallest absolute Gasteiger partial charge is 0.160 e. The first-order valence-electron chi connectivity index (χ1n) is 6.96. The van der Waals surface area contributed by atoms with Gasteiger partial charge in [-0.3, -0.25) is 24.9 Å². The lowest BCUT2D eigenvalue weighted by Crippen LogP contribution is -2.50. The van der Waals surface area contributed by atoms with Crippen LogP contribution >= 0.6 is 7.51 Å². The Morgan fingerprint density at radius 1 is 0.947 bits per heavy atom. The fourth-order valence-electron chi connectivity index (χ4n) is 2.53. The van der Waals surface area contributed by atoms with Crippen molar-refractivity contribution in [3.63, 3.8) is 0 Å². The van der Waals surface area contributed by atoms with Gasteiger partial charge in [-0.15, -0.1) is 0 Å². The van der Waals surface area contributed by atoms with Crippen LogP contribution in [-0.4, -0.2) is 44.2 Å². The molecule has 3 aliphatic heterocycles. The highest BCUT2D eigenvalue weighted by Crippen LogP contribution is 2.37. The Labute approximate surface area is 115 Å². The average molecular weight is 279 g/mol. The molecule has 5 nitrogen and oxygen atoms in total. The van der Waals surface area contributed by atoms with Crippen molar-refractivity contribution in [3.05, 3.63) is 35.9 Å². The molecule has 0 saturated carbocycles. The molecule has 6 heteroatoms. The number of nitrogens with one attached hydrogen (secondary N) is 3. The highest BCUT2D eigenvalue weighted by atomic mass is 31.2. The van der Waals surface area contributed by atoms with Crippen LogP contribution in [0.15, 0.2) is 35.1 Å². The number of fused-ring (bicyclic) bond motifs is 6. The van der Waals surface area contributed by atoms with E-state index in [0.717, 1.165) is 45.8 Å². The van der Waals surface area contributed by atoms with Crippen LogP contribution in [-0.2, 0) is 6.54 Å². The number of hydrogen-bond acceptors (Lipinski definition) is 2. The molecule has 2 bridgehead atoms. The Kier molecular flexibility index (Phi) is 4.31. The summed E-state index contributed by atoms with van der Waals surface area (Å²) in [5.41, 5.74) is 1.27. The molecule has 3 heterocycles. The maximum atomic E-state index is 4.96. The predicted molar refractivity (Wildman–Crippen MR) is 79.9 cm³/mol. The minimum atomic E-state index is -1.74. The first-order chi connectivity index (χ1) is 9.36. The first kappa shape index (κ1) is 13.3. The first-order valence-corrected chi connectivity index (χ1v) is 8.70. The molecule has 19 heavy (non-hydrogen) atoms. The average Bonchev–Trinajstić information content (AvgIpc) is 2.37. The summed E-state index contributed by atoms with van der Waals surface area (Å²) in [7, 11) is -1.74. The molecular formula is C13H22N5P. The van der Waals surface area contributed by atoms with Crippen molar-refractivity contribution in [2.24, 2.45) is 4.74 Å². The molecule has 3 fully saturated rings. The van der Waals surface area contributed by atoms with E-state index in [1.54, 1.807) is 0 Å². The summed E-state index contributed by atoms with van der Waals surface area (Å²) in [4.78, 5) is 2.48. The summed E-state index contributed by atoms with van der Waals surface area (Å²) in [5, 5.41) is 10.9. The van der Waals surface area contributed by atoms with Gasteiger partial charge >= 0.3 is 0 Å². The summed E-state index contributed by atoms with van der Waals surface area (Å²) in [6, 6.07) is 10.5. The van der Waals surface area contributed by atoms with Crippen molar-refractivity contribution in [3.8, 4) is 0 Å². The molecule has 3 N–H and O–H groups in total. The topological polar surface area (TPSA) is 51.7 Å². The van der Waals surface area contributed by atoms with Crippen molar-refractivity contribution in [2.45, 2.75) is 6.54 Å². The van der Waals surface area contributed by atoms with Crippen LogP contribution in [0.1, 0.15) is 5.56 Å². The third kappa shape index (κ3) is 3.44. The molecule has 3 saturated heterocycles. The molecule has 1 aromatic carbocycles. The molecule has 3 aliphatic rings. The van der Waals surface area contributed by atoms with Gasteiger partial charge in [0.2, 0.25) is 0 Å². The molecule has 0 spiro atoms. The van der Waals surface area contributed by atoms with Gasteiger partial charge < -0.3 is 0 Å². The second kappa shape index (κ2) is 6.16. The Morgan fingerprint density at radius 2 is 1.53 bits per heavy atom. The molecule has 0 aromatic heterocycles. The van der Waals surface area contributed by atoms with E-state index in [9.17, 15) is 0 Å². The summed E-state index contributed by atoms with van der Waals surface area (Å²) in [6.07, 6.45) is 0. The van der Waals surface area contributed by atoms with Gasteiger partial charge in [-0.1, -0.05) is 30.3 Å². The number of benzene rings is 1. The number of nitrogens with zero attached hydrogens (tertiary/aromatic N) is 2. The van der Waals surface area contributed by atoms with Gasteiger partial charge in [-0.2, -0.15) is 0 Å². The lowest BCUT2D eigenvalue weighted by molar-refractivity contribution is 0.275. The fraction of sp³-hybridized carbons (Fsp3) is 0.538. The Hall–Kier alpha value is -0.710. The zero-order chi connectivity index (χ0) is 13.0. The van der Waals surface area contributed by atoms with Crippen LogP contribution in [0.3, 0.4) is 0 Å². The van der Waals surface area contributed by atoms with E-state index >= 15 is 0 Å². The number of hydrogen-bond donors (Lipinski definition) is 3. The molecule has 104 valence electrons. The maximum absolute atomic E-state index is 4.96. The highest BCUT2D eigenvalue weighted by molar-refractivity contribution is 7.60. The molecule has 0 unspecified atom stereocenters. The third-order valence-corrected chi connectivity index (χ3v) is 6.22. The lowest BCUT2D eigenvalue weighted by atomic mass is 10.2. The van der Waals surface area contributed by atoms with Gasteiger partial charge in [0.1, 0.15) is 0 Å². The molecule has 0 atom stereocenters. The van der Waals surface area contributed by atoms with Crippen LogP contribution in [0.2, 0.25) is 0 Å². The van der Waals surface area contributed by atoms with Crippen LogP contribution < -0.4 is 15.3 Å². The van der Waals surface area contributed by atoms with Gasteiger partial charge in [0.25, 0.3) is 0 Å². The second-order valence-corrected chi connectivity index (χ2v) is 7.49. The van der Waals surface area contributed by atoms with Gasteiger partial charge in [0.15, 0.2) is 7.51 Å². The van der Waals surface area contributed by atoms with Crippen molar-refractivity contribution in [2.75, 3.05) is 39.3 Å². The zero-order valence-electron chi connectivity index (χ0n) is 11.2. The van der Waals surface area contributed by atoms with Crippen molar-refractivity contribution in [1.29, 1.82) is 0 Å². The predicted octanol–water partition coefficient (Wildman–Crippen LogP) is 1.23. The molecule has 0 aliphatic carbocycles. The van der Waals surface area contributed by atoms with Crippen LogP contribution in [0, 0.1) is 0 Å². The van der Waals surface area contributed by atoms with Gasteiger partial charge in [-0.25, -0.2) is 0 Å². The maximum Gasteiger partial charge on any atom is 0.160 e. The van der Waals surface area contributed by atoms with Gasteiger partial charge in [0, 0.05) is 39.3 Å².